The Hall–Kier alpha value is -0.120. The summed E-state index contributed by atoms with van der Waals surface area (Å²) in [6, 6.07) is 0. The molecule has 0 aromatic rings. The summed E-state index contributed by atoms with van der Waals surface area (Å²) in [5, 5.41) is 0. The van der Waals surface area contributed by atoms with Crippen LogP contribution in [0.5, 0.6) is 0 Å². The largest absolute Gasteiger partial charge is 0.382 e. The van der Waals surface area contributed by atoms with Crippen LogP contribution in [-0.4, -0.2) is 33.2 Å². The van der Waals surface area contributed by atoms with Crippen LogP contribution in [0.3, 0.4) is 0 Å². The van der Waals surface area contributed by atoms with Gasteiger partial charge in [-0.15, -0.1) is 0 Å². The van der Waals surface area contributed by atoms with Crippen LogP contribution >= 0.6 is 0 Å². The van der Waals surface area contributed by atoms with Crippen LogP contribution in [0, 0.1) is 0 Å². The molecule has 0 amide bonds. The van der Waals surface area contributed by atoms with Crippen molar-refractivity contribution in [3.05, 3.63) is 0 Å². The van der Waals surface area contributed by atoms with Crippen LogP contribution in [0.15, 0.2) is 0 Å². The molecule has 0 saturated carbocycles. The SMILES string of the molecule is CCOC(CC)OCCOC. The molecule has 1 atom stereocenters. The molecular formula is C8H18O3. The van der Waals surface area contributed by atoms with E-state index in [0.29, 0.717) is 19.8 Å². The Kier molecular flexibility index (Phi) is 7.89. The Bertz CT molecular complexity index is 75.7. The molecule has 0 bridgehead atoms. The molecule has 0 N–H and O–H groups in total. The average Bonchev–Trinajstić information content (AvgIpc) is 2.03. The molecular weight excluding hydrogens is 144 g/mol. The van der Waals surface area contributed by atoms with Gasteiger partial charge in [-0.05, 0) is 13.3 Å². The number of ether oxygens (including phenoxy) is 3. The van der Waals surface area contributed by atoms with Crippen LogP contribution in [0.1, 0.15) is 20.3 Å². The summed E-state index contributed by atoms with van der Waals surface area (Å²) >= 11 is 0. The molecule has 3 nitrogen and oxygen atoms in total. The van der Waals surface area contributed by atoms with Gasteiger partial charge in [-0.3, -0.25) is 0 Å². The number of methoxy groups -OCH3 is 1. The molecule has 1 unspecified atom stereocenters. The lowest BCUT2D eigenvalue weighted by atomic mass is 10.5. The second-order valence-corrected chi connectivity index (χ2v) is 2.16. The fourth-order valence-electron chi connectivity index (χ4n) is 0.733. The Morgan fingerprint density at radius 2 is 1.82 bits per heavy atom. The molecule has 0 fully saturated rings. The highest BCUT2D eigenvalue weighted by molar-refractivity contribution is 4.38. The zero-order valence-corrected chi connectivity index (χ0v) is 7.63. The molecule has 0 saturated heterocycles. The summed E-state index contributed by atoms with van der Waals surface area (Å²) in [6.45, 7) is 5.93. The predicted molar refractivity (Wildman–Crippen MR) is 43.5 cm³/mol. The third-order valence-electron chi connectivity index (χ3n) is 1.28. The molecule has 0 aliphatic carbocycles. The normalized spacial score (nSPS) is 13.4. The molecule has 0 spiro atoms. The quantitative estimate of drug-likeness (QED) is 0.418. The van der Waals surface area contributed by atoms with E-state index in [-0.39, 0.29) is 6.29 Å². The standard InChI is InChI=1S/C8H18O3/c1-4-8(10-5-2)11-7-6-9-3/h8H,4-7H2,1-3H3. The Labute approximate surface area is 68.6 Å². The zero-order valence-electron chi connectivity index (χ0n) is 7.63. The highest BCUT2D eigenvalue weighted by Gasteiger charge is 2.03. The third-order valence-corrected chi connectivity index (χ3v) is 1.28. The maximum atomic E-state index is 5.32. The van der Waals surface area contributed by atoms with Gasteiger partial charge in [0, 0.05) is 13.7 Å². The van der Waals surface area contributed by atoms with E-state index in [9.17, 15) is 0 Å². The summed E-state index contributed by atoms with van der Waals surface area (Å²) in [4.78, 5) is 0. The molecule has 0 aromatic heterocycles. The minimum atomic E-state index is -0.0600. The third kappa shape index (κ3) is 6.28. The number of hydrogen-bond acceptors (Lipinski definition) is 3. The maximum absolute atomic E-state index is 5.32. The fraction of sp³-hybridized carbons (Fsp3) is 1.00. The van der Waals surface area contributed by atoms with Gasteiger partial charge in [0.15, 0.2) is 6.29 Å². The second kappa shape index (κ2) is 7.98. The Morgan fingerprint density at radius 3 is 2.27 bits per heavy atom. The predicted octanol–water partition coefficient (Wildman–Crippen LogP) is 1.42. The van der Waals surface area contributed by atoms with Crippen molar-refractivity contribution in [2.75, 3.05) is 26.9 Å². The van der Waals surface area contributed by atoms with Crippen LogP contribution in [0.25, 0.3) is 0 Å². The van der Waals surface area contributed by atoms with Crippen molar-refractivity contribution in [3.8, 4) is 0 Å². The summed E-state index contributed by atoms with van der Waals surface area (Å²) < 4.78 is 15.4. The van der Waals surface area contributed by atoms with E-state index in [0.717, 1.165) is 6.42 Å². The van der Waals surface area contributed by atoms with Gasteiger partial charge in [-0.1, -0.05) is 6.92 Å². The number of rotatable bonds is 7. The zero-order chi connectivity index (χ0) is 8.53. The molecule has 0 aliphatic rings. The summed E-state index contributed by atoms with van der Waals surface area (Å²) in [5.74, 6) is 0. The van der Waals surface area contributed by atoms with Gasteiger partial charge in [0.2, 0.25) is 0 Å². The summed E-state index contributed by atoms with van der Waals surface area (Å²) in [6.07, 6.45) is 0.826. The van der Waals surface area contributed by atoms with Crippen molar-refractivity contribution in [2.24, 2.45) is 0 Å². The van der Waals surface area contributed by atoms with E-state index in [1.807, 2.05) is 13.8 Å². The first-order valence-corrected chi connectivity index (χ1v) is 4.07. The maximum Gasteiger partial charge on any atom is 0.157 e. The van der Waals surface area contributed by atoms with Gasteiger partial charge in [-0.25, -0.2) is 0 Å². The van der Waals surface area contributed by atoms with E-state index in [4.69, 9.17) is 14.2 Å². The van der Waals surface area contributed by atoms with Crippen LogP contribution in [0.4, 0.5) is 0 Å². The molecule has 0 aliphatic heterocycles. The van der Waals surface area contributed by atoms with Crippen LogP contribution in [0.2, 0.25) is 0 Å². The van der Waals surface area contributed by atoms with E-state index >= 15 is 0 Å². The first-order chi connectivity index (χ1) is 5.35. The minimum absolute atomic E-state index is 0.0600. The lowest BCUT2D eigenvalue weighted by Crippen LogP contribution is -2.18. The summed E-state index contributed by atoms with van der Waals surface area (Å²) in [7, 11) is 1.66. The van der Waals surface area contributed by atoms with Crippen molar-refractivity contribution in [2.45, 2.75) is 26.6 Å². The molecule has 0 heterocycles. The first-order valence-electron chi connectivity index (χ1n) is 4.07. The monoisotopic (exact) mass is 162 g/mol. The lowest BCUT2D eigenvalue weighted by Gasteiger charge is -2.15. The lowest BCUT2D eigenvalue weighted by molar-refractivity contribution is -0.147. The van der Waals surface area contributed by atoms with Gasteiger partial charge in [-0.2, -0.15) is 0 Å². The van der Waals surface area contributed by atoms with Crippen molar-refractivity contribution in [1.29, 1.82) is 0 Å². The fourth-order valence-corrected chi connectivity index (χ4v) is 0.733. The number of hydrogen-bond donors (Lipinski definition) is 0. The molecule has 0 aromatic carbocycles. The van der Waals surface area contributed by atoms with Gasteiger partial charge in [0.1, 0.15) is 0 Å². The molecule has 11 heavy (non-hydrogen) atoms. The molecule has 0 rings (SSSR count). The Morgan fingerprint density at radius 1 is 1.09 bits per heavy atom. The van der Waals surface area contributed by atoms with E-state index < -0.39 is 0 Å². The summed E-state index contributed by atoms with van der Waals surface area (Å²) in [5.41, 5.74) is 0. The first kappa shape index (κ1) is 10.9. The van der Waals surface area contributed by atoms with Gasteiger partial charge in [0.05, 0.1) is 13.2 Å². The van der Waals surface area contributed by atoms with E-state index in [1.54, 1.807) is 7.11 Å². The van der Waals surface area contributed by atoms with Crippen LogP contribution in [-0.2, 0) is 14.2 Å². The van der Waals surface area contributed by atoms with E-state index in [1.165, 1.54) is 0 Å². The van der Waals surface area contributed by atoms with Crippen molar-refractivity contribution < 1.29 is 14.2 Å². The van der Waals surface area contributed by atoms with Gasteiger partial charge >= 0.3 is 0 Å². The highest BCUT2D eigenvalue weighted by atomic mass is 16.7. The molecule has 68 valence electrons. The molecule has 3 heteroatoms. The smallest absolute Gasteiger partial charge is 0.157 e. The molecule has 0 radical (unpaired) electrons. The second-order valence-electron chi connectivity index (χ2n) is 2.16. The minimum Gasteiger partial charge on any atom is -0.382 e. The van der Waals surface area contributed by atoms with Gasteiger partial charge in [0.25, 0.3) is 0 Å². The Balaban J connectivity index is 3.20. The van der Waals surface area contributed by atoms with E-state index in [2.05, 4.69) is 0 Å². The van der Waals surface area contributed by atoms with Crippen LogP contribution < -0.4 is 0 Å². The average molecular weight is 162 g/mol. The highest BCUT2D eigenvalue weighted by Crippen LogP contribution is 1.99. The topological polar surface area (TPSA) is 27.7 Å². The van der Waals surface area contributed by atoms with Gasteiger partial charge < -0.3 is 14.2 Å². The van der Waals surface area contributed by atoms with Crippen molar-refractivity contribution in [1.82, 2.24) is 0 Å². The van der Waals surface area contributed by atoms with Crippen molar-refractivity contribution >= 4 is 0 Å². The van der Waals surface area contributed by atoms with Crippen molar-refractivity contribution in [3.63, 3.8) is 0 Å².